The third-order valence-electron chi connectivity index (χ3n) is 5.05. The second-order valence-electron chi connectivity index (χ2n) is 8.95. The highest BCUT2D eigenvalue weighted by Crippen LogP contribution is 2.39. The molecule has 0 saturated carbocycles. The average molecular weight is 419 g/mol. The van der Waals surface area contributed by atoms with Crippen molar-refractivity contribution in [3.05, 3.63) is 107 Å². The molecule has 0 unspecified atom stereocenters. The molecule has 31 heavy (non-hydrogen) atoms. The fourth-order valence-corrected chi connectivity index (χ4v) is 3.47. The standard InChI is InChI=1S/C29H38O2/c1-22(12-8-9-13-23(2)16-11-17-26(5)30)14-10-15-24(3)18-19-28-25(4)20-27(31)21-29(28,6)7/h8-19,30H,20-21H2,1-7H3. The predicted octanol–water partition coefficient (Wildman–Crippen LogP) is 8.22. The fraction of sp³-hybridized carbons (Fsp3) is 0.345. The largest absolute Gasteiger partial charge is 0.513 e. The van der Waals surface area contributed by atoms with Crippen LogP contribution in [0.5, 0.6) is 0 Å². The number of carbonyl (C=O) groups is 1. The van der Waals surface area contributed by atoms with Gasteiger partial charge in [-0.3, -0.25) is 4.79 Å². The van der Waals surface area contributed by atoms with Crippen molar-refractivity contribution < 1.29 is 9.90 Å². The van der Waals surface area contributed by atoms with Crippen molar-refractivity contribution in [1.29, 1.82) is 0 Å². The Morgan fingerprint density at radius 1 is 0.806 bits per heavy atom. The Bertz CT molecular complexity index is 916. The minimum atomic E-state index is -0.0885. The van der Waals surface area contributed by atoms with Crippen molar-refractivity contribution in [2.24, 2.45) is 5.41 Å². The van der Waals surface area contributed by atoms with Gasteiger partial charge in [-0.05, 0) is 51.7 Å². The van der Waals surface area contributed by atoms with Crippen LogP contribution in [-0.2, 0) is 4.79 Å². The molecule has 0 heterocycles. The zero-order chi connectivity index (χ0) is 23.4. The molecule has 2 heteroatoms. The molecule has 0 aromatic rings. The van der Waals surface area contributed by atoms with E-state index in [2.05, 4.69) is 71.1 Å². The van der Waals surface area contributed by atoms with Crippen molar-refractivity contribution in [2.45, 2.75) is 61.3 Å². The number of hydrogen-bond acceptors (Lipinski definition) is 2. The normalized spacial score (nSPS) is 19.8. The molecule has 1 N–H and O–H groups in total. The van der Waals surface area contributed by atoms with Crippen LogP contribution in [0.3, 0.4) is 0 Å². The van der Waals surface area contributed by atoms with E-state index in [-0.39, 0.29) is 5.41 Å². The molecule has 1 aliphatic rings. The fourth-order valence-electron chi connectivity index (χ4n) is 3.47. The van der Waals surface area contributed by atoms with E-state index in [1.807, 2.05) is 37.3 Å². The molecule has 1 rings (SSSR count). The summed E-state index contributed by atoms with van der Waals surface area (Å²) in [5, 5.41) is 9.12. The van der Waals surface area contributed by atoms with Gasteiger partial charge in [0.1, 0.15) is 5.78 Å². The van der Waals surface area contributed by atoms with Gasteiger partial charge in [0.05, 0.1) is 5.76 Å². The van der Waals surface area contributed by atoms with Crippen LogP contribution >= 0.6 is 0 Å². The van der Waals surface area contributed by atoms with Crippen LogP contribution in [0.4, 0.5) is 0 Å². The first-order valence-electron chi connectivity index (χ1n) is 10.8. The van der Waals surface area contributed by atoms with E-state index in [4.69, 9.17) is 5.11 Å². The molecular formula is C29H38O2. The molecule has 0 aromatic heterocycles. The highest BCUT2D eigenvalue weighted by Gasteiger charge is 2.30. The molecule has 0 aromatic carbocycles. The minimum Gasteiger partial charge on any atom is -0.513 e. The van der Waals surface area contributed by atoms with Crippen LogP contribution in [0.2, 0.25) is 0 Å². The molecule has 0 bridgehead atoms. The van der Waals surface area contributed by atoms with Crippen LogP contribution in [-0.4, -0.2) is 10.9 Å². The van der Waals surface area contributed by atoms with Gasteiger partial charge in [-0.2, -0.15) is 0 Å². The van der Waals surface area contributed by atoms with E-state index < -0.39 is 0 Å². The summed E-state index contributed by atoms with van der Waals surface area (Å²) < 4.78 is 0. The van der Waals surface area contributed by atoms with Gasteiger partial charge < -0.3 is 5.11 Å². The van der Waals surface area contributed by atoms with Gasteiger partial charge in [0, 0.05) is 12.8 Å². The van der Waals surface area contributed by atoms with Gasteiger partial charge in [-0.1, -0.05) is 103 Å². The van der Waals surface area contributed by atoms with Gasteiger partial charge in [-0.25, -0.2) is 0 Å². The smallest absolute Gasteiger partial charge is 0.137 e. The lowest BCUT2D eigenvalue weighted by molar-refractivity contribution is -0.120. The number of ketones is 1. The second kappa shape index (κ2) is 12.7. The zero-order valence-corrected chi connectivity index (χ0v) is 20.2. The Hall–Kier alpha value is -2.87. The summed E-state index contributed by atoms with van der Waals surface area (Å²) in [6.45, 7) is 14.2. The predicted molar refractivity (Wildman–Crippen MR) is 135 cm³/mol. The van der Waals surface area contributed by atoms with Crippen molar-refractivity contribution in [2.75, 3.05) is 0 Å². The average Bonchev–Trinajstić information content (AvgIpc) is 2.63. The highest BCUT2D eigenvalue weighted by molar-refractivity contribution is 5.84. The van der Waals surface area contributed by atoms with Crippen LogP contribution < -0.4 is 0 Å². The Kier molecular flexibility index (Phi) is 10.8. The summed E-state index contributed by atoms with van der Waals surface area (Å²) in [5.41, 5.74) is 5.82. The maximum atomic E-state index is 11.9. The molecular weight excluding hydrogens is 380 g/mol. The summed E-state index contributed by atoms with van der Waals surface area (Å²) in [6.07, 6.45) is 25.3. The Morgan fingerprint density at radius 2 is 1.29 bits per heavy atom. The molecule has 2 nitrogen and oxygen atoms in total. The van der Waals surface area contributed by atoms with Crippen LogP contribution in [0.15, 0.2) is 107 Å². The number of Topliss-reactive ketones (excluding diaryl/α,β-unsaturated/α-hetero) is 1. The Balaban J connectivity index is 2.70. The molecule has 0 fully saturated rings. The van der Waals surface area contributed by atoms with E-state index >= 15 is 0 Å². The molecule has 0 amide bonds. The number of carbonyl (C=O) groups excluding carboxylic acids is 1. The summed E-state index contributed by atoms with van der Waals surface area (Å²) in [6, 6.07) is 0. The van der Waals surface area contributed by atoms with Gasteiger partial charge in [0.15, 0.2) is 0 Å². The van der Waals surface area contributed by atoms with Gasteiger partial charge >= 0.3 is 0 Å². The van der Waals surface area contributed by atoms with Gasteiger partial charge in [0.2, 0.25) is 0 Å². The zero-order valence-electron chi connectivity index (χ0n) is 20.2. The van der Waals surface area contributed by atoms with E-state index in [1.165, 1.54) is 16.7 Å². The summed E-state index contributed by atoms with van der Waals surface area (Å²) >= 11 is 0. The van der Waals surface area contributed by atoms with Crippen molar-refractivity contribution >= 4 is 5.78 Å². The summed E-state index contributed by atoms with van der Waals surface area (Å²) in [7, 11) is 0. The maximum Gasteiger partial charge on any atom is 0.137 e. The topological polar surface area (TPSA) is 37.3 Å². The first kappa shape index (κ1) is 26.2. The first-order chi connectivity index (χ1) is 14.5. The molecule has 1 aliphatic carbocycles. The van der Waals surface area contributed by atoms with E-state index in [0.29, 0.717) is 24.4 Å². The highest BCUT2D eigenvalue weighted by atomic mass is 16.3. The van der Waals surface area contributed by atoms with E-state index in [1.54, 1.807) is 13.0 Å². The van der Waals surface area contributed by atoms with Crippen molar-refractivity contribution in [3.63, 3.8) is 0 Å². The molecule has 0 atom stereocenters. The molecule has 0 aliphatic heterocycles. The lowest BCUT2D eigenvalue weighted by atomic mass is 9.72. The molecule has 166 valence electrons. The molecule has 0 saturated heterocycles. The summed E-state index contributed by atoms with van der Waals surface area (Å²) in [4.78, 5) is 11.9. The lowest BCUT2D eigenvalue weighted by Crippen LogP contribution is -2.25. The van der Waals surface area contributed by atoms with E-state index in [9.17, 15) is 4.79 Å². The number of aliphatic hydroxyl groups excluding tert-OH is 1. The molecule has 0 radical (unpaired) electrons. The Labute approximate surface area is 189 Å². The number of allylic oxidation sites excluding steroid dienone is 18. The second-order valence-corrected chi connectivity index (χ2v) is 8.95. The monoisotopic (exact) mass is 418 g/mol. The quantitative estimate of drug-likeness (QED) is 0.318. The van der Waals surface area contributed by atoms with E-state index in [0.717, 1.165) is 11.1 Å². The van der Waals surface area contributed by atoms with Crippen molar-refractivity contribution in [3.8, 4) is 0 Å². The number of hydrogen-bond donors (Lipinski definition) is 1. The van der Waals surface area contributed by atoms with Crippen LogP contribution in [0, 0.1) is 5.41 Å². The minimum absolute atomic E-state index is 0.0885. The Morgan fingerprint density at radius 3 is 1.81 bits per heavy atom. The van der Waals surface area contributed by atoms with Crippen LogP contribution in [0.25, 0.3) is 0 Å². The first-order valence-corrected chi connectivity index (χ1v) is 10.8. The lowest BCUT2D eigenvalue weighted by Gasteiger charge is -2.32. The number of rotatable bonds is 8. The van der Waals surface area contributed by atoms with Gasteiger partial charge in [0.25, 0.3) is 0 Å². The summed E-state index contributed by atoms with van der Waals surface area (Å²) in [5.74, 6) is 0.633. The number of aliphatic hydroxyl groups is 1. The molecule has 0 spiro atoms. The third kappa shape index (κ3) is 10.6. The SMILES string of the molecule is CC(O)=CC=CC(C)=CC=CC=C(C)C=CC=C(C)C=CC1=C(C)CC(=O)CC1(C)C. The van der Waals surface area contributed by atoms with Crippen molar-refractivity contribution in [1.82, 2.24) is 0 Å². The van der Waals surface area contributed by atoms with Crippen LogP contribution in [0.1, 0.15) is 61.3 Å². The van der Waals surface area contributed by atoms with Gasteiger partial charge in [-0.15, -0.1) is 0 Å². The maximum absolute atomic E-state index is 11.9. The third-order valence-corrected chi connectivity index (χ3v) is 5.05.